The fraction of sp³-hybridized carbons (Fsp3) is 0.375. The van der Waals surface area contributed by atoms with Gasteiger partial charge in [0.05, 0.1) is 0 Å². The molecule has 0 N–H and O–H groups in total. The highest BCUT2D eigenvalue weighted by atomic mass is 127. The van der Waals surface area contributed by atoms with E-state index in [2.05, 4.69) is 11.3 Å². The Bertz CT molecular complexity index is 961. The summed E-state index contributed by atoms with van der Waals surface area (Å²) in [7, 11) is -6.83. The maximum Gasteiger partial charge on any atom is 0.432 e. The van der Waals surface area contributed by atoms with Crippen LogP contribution < -0.4 is 4.74 Å². The monoisotopic (exact) mass is 587 g/mol. The molecule has 0 fully saturated rings. The first-order valence-electron chi connectivity index (χ1n) is 7.84. The molecule has 0 spiro atoms. The summed E-state index contributed by atoms with van der Waals surface area (Å²) in [4.78, 5) is 23.4. The van der Waals surface area contributed by atoms with Gasteiger partial charge in [-0.2, -0.15) is 22.0 Å². The van der Waals surface area contributed by atoms with Crippen LogP contribution in [-0.4, -0.2) is 55.7 Å². The topological polar surface area (TPSA) is 119 Å². The molecule has 0 heterocycles. The zero-order chi connectivity index (χ0) is 24.2. The van der Waals surface area contributed by atoms with Gasteiger partial charge in [0.25, 0.3) is 6.10 Å². The number of alkyl halides is 5. The Morgan fingerprint density at radius 3 is 2.26 bits per heavy atom. The van der Waals surface area contributed by atoms with Gasteiger partial charge < -0.3 is 18.8 Å². The van der Waals surface area contributed by atoms with E-state index in [0.717, 1.165) is 12.1 Å². The van der Waals surface area contributed by atoms with Crippen molar-refractivity contribution < 1.29 is 58.7 Å². The quantitative estimate of drug-likeness (QED) is 0.108. The highest BCUT2D eigenvalue weighted by molar-refractivity contribution is 14.1. The van der Waals surface area contributed by atoms with Crippen LogP contribution in [-0.2, 0) is 24.4 Å². The van der Waals surface area contributed by atoms with E-state index in [1.165, 1.54) is 13.0 Å². The van der Waals surface area contributed by atoms with E-state index in [1.54, 1.807) is 22.6 Å². The molecule has 1 aromatic rings. The lowest BCUT2D eigenvalue weighted by Crippen LogP contribution is -2.52. The average molecular weight is 587 g/mol. The van der Waals surface area contributed by atoms with Gasteiger partial charge in [-0.15, -0.1) is 0 Å². The molecule has 0 saturated carbocycles. The number of benzene rings is 1. The third-order valence-electron chi connectivity index (χ3n) is 3.24. The molecule has 31 heavy (non-hydrogen) atoms. The summed E-state index contributed by atoms with van der Waals surface area (Å²) in [5, 5.41) is -5.99. The largest absolute Gasteiger partial charge is 0.743 e. The molecule has 0 amide bonds. The van der Waals surface area contributed by atoms with E-state index in [0.29, 0.717) is 0 Å². The zero-order valence-corrected chi connectivity index (χ0v) is 18.3. The Balaban J connectivity index is 3.12. The molecule has 0 aliphatic carbocycles. The summed E-state index contributed by atoms with van der Waals surface area (Å²) >= 11 is 1.64. The molecule has 0 saturated heterocycles. The molecule has 0 aliphatic heterocycles. The molecule has 1 aromatic carbocycles. The Morgan fingerprint density at radius 2 is 1.77 bits per heavy atom. The summed E-state index contributed by atoms with van der Waals surface area (Å²) in [6.07, 6.45) is -10.6. The second-order valence-corrected chi connectivity index (χ2v) is 8.45. The van der Waals surface area contributed by atoms with Crippen molar-refractivity contribution in [1.29, 1.82) is 0 Å². The number of ether oxygens (including phenoxy) is 3. The van der Waals surface area contributed by atoms with Crippen LogP contribution in [0.5, 0.6) is 5.75 Å². The molecule has 15 heteroatoms. The van der Waals surface area contributed by atoms with Crippen LogP contribution >= 0.6 is 22.6 Å². The van der Waals surface area contributed by atoms with Crippen LogP contribution in [0, 0.1) is 3.57 Å². The summed E-state index contributed by atoms with van der Waals surface area (Å²) < 4.78 is 111. The Labute approximate surface area is 186 Å². The van der Waals surface area contributed by atoms with Crippen molar-refractivity contribution in [2.75, 3.05) is 13.2 Å². The summed E-state index contributed by atoms with van der Waals surface area (Å²) in [6.45, 7) is 3.94. The molecule has 8 nitrogen and oxygen atoms in total. The van der Waals surface area contributed by atoms with Gasteiger partial charge in [-0.1, -0.05) is 6.58 Å². The first kappa shape index (κ1) is 27.0. The van der Waals surface area contributed by atoms with Gasteiger partial charge in [-0.3, -0.25) is 0 Å². The molecule has 0 aromatic heterocycles. The van der Waals surface area contributed by atoms with E-state index in [-0.39, 0.29) is 15.8 Å². The number of carbonyl (C=O) groups is 2. The normalized spacial score (nSPS) is 13.3. The third-order valence-corrected chi connectivity index (χ3v) is 4.80. The van der Waals surface area contributed by atoms with E-state index in [9.17, 15) is 44.5 Å². The summed E-state index contributed by atoms with van der Waals surface area (Å²) in [6, 6.07) is 3.34. The molecular weight excluding hydrogens is 574 g/mol. The number of hydrogen-bond acceptors (Lipinski definition) is 8. The van der Waals surface area contributed by atoms with Crippen LogP contribution in [0.25, 0.3) is 0 Å². The van der Waals surface area contributed by atoms with Gasteiger partial charge in [0.2, 0.25) is 0 Å². The first-order chi connectivity index (χ1) is 14.0. The Hall–Kier alpha value is -2.01. The minimum absolute atomic E-state index is 0.0750. The fourth-order valence-corrected chi connectivity index (χ4v) is 2.76. The van der Waals surface area contributed by atoms with Crippen LogP contribution in [0.1, 0.15) is 17.3 Å². The average Bonchev–Trinajstić information content (AvgIpc) is 2.61. The van der Waals surface area contributed by atoms with E-state index in [4.69, 9.17) is 9.47 Å². The number of esters is 2. The minimum Gasteiger partial charge on any atom is -0.743 e. The number of rotatable bonds is 9. The summed E-state index contributed by atoms with van der Waals surface area (Å²) in [5.74, 6) is -3.23. The third kappa shape index (κ3) is 7.27. The van der Waals surface area contributed by atoms with Crippen molar-refractivity contribution in [3.8, 4) is 5.75 Å². The Kier molecular flexibility index (Phi) is 8.78. The summed E-state index contributed by atoms with van der Waals surface area (Å²) in [5.41, 5.74) is -0.697. The van der Waals surface area contributed by atoms with Crippen LogP contribution in [0.2, 0.25) is 0 Å². The molecule has 0 aliphatic rings. The van der Waals surface area contributed by atoms with E-state index < -0.39 is 57.5 Å². The van der Waals surface area contributed by atoms with E-state index in [1.807, 2.05) is 0 Å². The van der Waals surface area contributed by atoms with Crippen molar-refractivity contribution in [2.45, 2.75) is 24.5 Å². The Morgan fingerprint density at radius 1 is 1.19 bits per heavy atom. The second kappa shape index (κ2) is 10.1. The van der Waals surface area contributed by atoms with Gasteiger partial charge >= 0.3 is 23.4 Å². The van der Waals surface area contributed by atoms with Gasteiger partial charge in [-0.05, 0) is 47.7 Å². The highest BCUT2D eigenvalue weighted by Gasteiger charge is 2.63. The van der Waals surface area contributed by atoms with Crippen molar-refractivity contribution >= 4 is 44.6 Å². The first-order valence-corrected chi connectivity index (χ1v) is 10.3. The van der Waals surface area contributed by atoms with Gasteiger partial charge in [-0.25, -0.2) is 18.0 Å². The molecule has 174 valence electrons. The zero-order valence-electron chi connectivity index (χ0n) is 15.4. The fourth-order valence-electron chi connectivity index (χ4n) is 1.82. The highest BCUT2D eigenvalue weighted by Crippen LogP contribution is 2.39. The van der Waals surface area contributed by atoms with Crippen molar-refractivity contribution in [3.05, 3.63) is 39.5 Å². The number of carbonyl (C=O) groups excluding carboxylic acids is 2. The molecule has 1 unspecified atom stereocenters. The van der Waals surface area contributed by atoms with Crippen molar-refractivity contribution in [1.82, 2.24) is 0 Å². The van der Waals surface area contributed by atoms with Crippen molar-refractivity contribution in [2.24, 2.45) is 0 Å². The lowest BCUT2D eigenvalue weighted by Gasteiger charge is -2.29. The maximum atomic E-state index is 13.6. The lowest BCUT2D eigenvalue weighted by molar-refractivity contribution is -0.248. The van der Waals surface area contributed by atoms with Crippen LogP contribution in [0.15, 0.2) is 30.4 Å². The molecular formula is C16H13F5IO8S-. The van der Waals surface area contributed by atoms with Crippen molar-refractivity contribution in [3.63, 3.8) is 0 Å². The maximum absolute atomic E-state index is 13.6. The molecule has 1 atom stereocenters. The van der Waals surface area contributed by atoms with Gasteiger partial charge in [0.1, 0.15) is 24.5 Å². The second-order valence-electron chi connectivity index (χ2n) is 5.75. The van der Waals surface area contributed by atoms with Crippen LogP contribution in [0.4, 0.5) is 22.0 Å². The van der Waals surface area contributed by atoms with Gasteiger partial charge in [0.15, 0.2) is 10.1 Å². The number of halogens is 6. The molecule has 0 radical (unpaired) electrons. The van der Waals surface area contributed by atoms with E-state index >= 15 is 0 Å². The number of hydrogen-bond donors (Lipinski definition) is 0. The standard InChI is InChI=1S/C16H14F5IO8S/c1-8(2)12(23)29-6-5-28-11-4-3-9(22)7-10(11)13(24)30-14(15(17,18)19)16(20,21)31(25,26)27/h3-4,7,14H,1,5-6H2,2H3,(H,25,26,27)/p-1. The minimum atomic E-state index is -6.83. The lowest BCUT2D eigenvalue weighted by atomic mass is 10.2. The SMILES string of the molecule is C=C(C)C(=O)OCCOc1ccc(I)cc1C(=O)OC(C(F)(F)F)C(F)(F)S(=O)(=O)[O-]. The van der Waals surface area contributed by atoms with Crippen LogP contribution in [0.3, 0.4) is 0 Å². The predicted molar refractivity (Wildman–Crippen MR) is 100 cm³/mol. The predicted octanol–water partition coefficient (Wildman–Crippen LogP) is 3.02. The molecule has 0 bridgehead atoms. The smallest absolute Gasteiger partial charge is 0.432 e. The van der Waals surface area contributed by atoms with Gasteiger partial charge in [0, 0.05) is 9.14 Å². The molecule has 1 rings (SSSR count).